The van der Waals surface area contributed by atoms with Crippen molar-refractivity contribution in [1.29, 1.82) is 0 Å². The van der Waals surface area contributed by atoms with Gasteiger partial charge in [0.25, 0.3) is 0 Å². The van der Waals surface area contributed by atoms with E-state index in [2.05, 4.69) is 15.5 Å². The molecule has 138 valence electrons. The lowest BCUT2D eigenvalue weighted by Gasteiger charge is -2.19. The molecule has 1 aromatic rings. The van der Waals surface area contributed by atoms with Gasteiger partial charge in [-0.05, 0) is 30.5 Å². The van der Waals surface area contributed by atoms with Crippen molar-refractivity contribution in [2.75, 3.05) is 33.9 Å². The number of nitrogens with one attached hydrogen (secondary N) is 2. The van der Waals surface area contributed by atoms with Crippen molar-refractivity contribution in [3.63, 3.8) is 0 Å². The first kappa shape index (κ1) is 18.0. The van der Waals surface area contributed by atoms with Crippen molar-refractivity contribution in [2.45, 2.75) is 37.6 Å². The first-order chi connectivity index (χ1) is 12.1. The number of β-amino-alcohol motifs (C(OH)–C–C–N with tert-alkyl or cyclic N) is 1. The molecule has 0 spiro atoms. The molecule has 2 aliphatic heterocycles. The Labute approximate surface area is 148 Å². The van der Waals surface area contributed by atoms with Crippen LogP contribution in [-0.2, 0) is 11.3 Å². The fraction of sp³-hybridized carbons (Fsp3) is 0.611. The molecule has 0 aliphatic carbocycles. The lowest BCUT2D eigenvalue weighted by molar-refractivity contribution is -0.123. The molecule has 1 aromatic carbocycles. The molecule has 3 rings (SSSR count). The van der Waals surface area contributed by atoms with E-state index in [1.807, 2.05) is 18.2 Å². The van der Waals surface area contributed by atoms with E-state index in [0.29, 0.717) is 13.0 Å². The highest BCUT2D eigenvalue weighted by atomic mass is 16.5. The molecule has 7 nitrogen and oxygen atoms in total. The molecule has 2 aliphatic rings. The number of amides is 1. The molecule has 0 aromatic heterocycles. The van der Waals surface area contributed by atoms with E-state index in [9.17, 15) is 9.90 Å². The number of aliphatic hydroxyl groups excluding tert-OH is 1. The second kappa shape index (κ2) is 8.03. The van der Waals surface area contributed by atoms with Crippen LogP contribution in [0.25, 0.3) is 0 Å². The summed E-state index contributed by atoms with van der Waals surface area (Å²) in [5.74, 6) is 1.56. The van der Waals surface area contributed by atoms with E-state index in [1.54, 1.807) is 14.2 Å². The molecule has 3 N–H and O–H groups in total. The van der Waals surface area contributed by atoms with Crippen molar-refractivity contribution in [1.82, 2.24) is 15.5 Å². The van der Waals surface area contributed by atoms with Crippen LogP contribution in [0.3, 0.4) is 0 Å². The predicted molar refractivity (Wildman–Crippen MR) is 93.8 cm³/mol. The minimum absolute atomic E-state index is 0.00792. The summed E-state index contributed by atoms with van der Waals surface area (Å²) in [5, 5.41) is 15.7. The van der Waals surface area contributed by atoms with Gasteiger partial charge in [0.05, 0.1) is 26.4 Å². The van der Waals surface area contributed by atoms with E-state index < -0.39 is 6.10 Å². The third-order valence-corrected chi connectivity index (χ3v) is 4.86. The van der Waals surface area contributed by atoms with Crippen molar-refractivity contribution in [2.24, 2.45) is 0 Å². The van der Waals surface area contributed by atoms with Crippen LogP contribution in [0, 0.1) is 0 Å². The molecule has 3 atom stereocenters. The minimum atomic E-state index is -0.418. The lowest BCUT2D eigenvalue weighted by Crippen LogP contribution is -2.46. The molecule has 7 heteroatoms. The molecule has 3 unspecified atom stereocenters. The number of carbonyl (C=O) groups is 1. The van der Waals surface area contributed by atoms with Gasteiger partial charge in [0.1, 0.15) is 11.5 Å². The highest BCUT2D eigenvalue weighted by molar-refractivity contribution is 5.82. The number of carbonyl (C=O) groups excluding carboxylic acids is 1. The Kier molecular flexibility index (Phi) is 5.78. The number of ether oxygens (including phenoxy) is 2. The highest BCUT2D eigenvalue weighted by Gasteiger charge is 2.31. The number of likely N-dealkylation sites (tertiary alicyclic amines) is 1. The number of nitrogens with zero attached hydrogens (tertiary/aromatic N) is 1. The van der Waals surface area contributed by atoms with Crippen LogP contribution >= 0.6 is 0 Å². The maximum absolute atomic E-state index is 12.2. The fourth-order valence-electron chi connectivity index (χ4n) is 3.53. The van der Waals surface area contributed by atoms with Gasteiger partial charge in [-0.15, -0.1) is 0 Å². The zero-order valence-corrected chi connectivity index (χ0v) is 14.8. The van der Waals surface area contributed by atoms with Crippen LogP contribution in [0.4, 0.5) is 0 Å². The second-order valence-corrected chi connectivity index (χ2v) is 6.80. The minimum Gasteiger partial charge on any atom is -0.497 e. The Bertz CT molecular complexity index is 588. The van der Waals surface area contributed by atoms with Gasteiger partial charge < -0.3 is 25.2 Å². The topological polar surface area (TPSA) is 83.1 Å². The molecular weight excluding hydrogens is 322 g/mol. The summed E-state index contributed by atoms with van der Waals surface area (Å²) in [6.45, 7) is 3.04. The highest BCUT2D eigenvalue weighted by Crippen LogP contribution is 2.24. The molecule has 2 fully saturated rings. The van der Waals surface area contributed by atoms with Crippen LogP contribution in [0.1, 0.15) is 18.4 Å². The number of hydrogen-bond acceptors (Lipinski definition) is 6. The third kappa shape index (κ3) is 4.62. The first-order valence-corrected chi connectivity index (χ1v) is 8.73. The smallest absolute Gasteiger partial charge is 0.237 e. The molecular formula is C18H27N3O4. The Morgan fingerprint density at radius 3 is 2.64 bits per heavy atom. The predicted octanol–water partition coefficient (Wildman–Crippen LogP) is 0.117. The first-order valence-electron chi connectivity index (χ1n) is 8.73. The van der Waals surface area contributed by atoms with E-state index in [1.165, 1.54) is 0 Å². The van der Waals surface area contributed by atoms with Gasteiger partial charge in [-0.3, -0.25) is 9.69 Å². The molecule has 1 amide bonds. The standard InChI is InChI=1S/C18H27N3O4/c1-24-15-5-12(6-16(8-15)25-2)10-21-4-3-13(11-21)20-18(23)17-7-14(22)9-19-17/h5-6,8,13-14,17,19,22H,3-4,7,9-11H2,1-2H3,(H,20,23). The largest absolute Gasteiger partial charge is 0.497 e. The molecule has 0 saturated carbocycles. The molecule has 0 radical (unpaired) electrons. The number of aliphatic hydroxyl groups is 1. The van der Waals surface area contributed by atoms with E-state index in [0.717, 1.165) is 43.1 Å². The van der Waals surface area contributed by atoms with Crippen LogP contribution in [0.2, 0.25) is 0 Å². The lowest BCUT2D eigenvalue weighted by atomic mass is 10.1. The van der Waals surface area contributed by atoms with Crippen molar-refractivity contribution < 1.29 is 19.4 Å². The Morgan fingerprint density at radius 2 is 2.04 bits per heavy atom. The summed E-state index contributed by atoms with van der Waals surface area (Å²) in [4.78, 5) is 14.6. The Morgan fingerprint density at radius 1 is 1.32 bits per heavy atom. The van der Waals surface area contributed by atoms with Gasteiger partial charge in [0.15, 0.2) is 0 Å². The zero-order valence-electron chi connectivity index (χ0n) is 14.8. The van der Waals surface area contributed by atoms with Gasteiger partial charge in [0.2, 0.25) is 5.91 Å². The Hall–Kier alpha value is -1.83. The van der Waals surface area contributed by atoms with Gasteiger partial charge >= 0.3 is 0 Å². The molecule has 2 heterocycles. The van der Waals surface area contributed by atoms with Gasteiger partial charge in [-0.1, -0.05) is 0 Å². The Balaban J connectivity index is 1.52. The van der Waals surface area contributed by atoms with Crippen LogP contribution in [0.15, 0.2) is 18.2 Å². The molecule has 0 bridgehead atoms. The van der Waals surface area contributed by atoms with Crippen LogP contribution < -0.4 is 20.1 Å². The summed E-state index contributed by atoms with van der Waals surface area (Å²) in [6.07, 6.45) is 1.01. The van der Waals surface area contributed by atoms with Crippen molar-refractivity contribution in [3.8, 4) is 11.5 Å². The monoisotopic (exact) mass is 349 g/mol. The number of benzene rings is 1. The molecule has 2 saturated heterocycles. The average molecular weight is 349 g/mol. The quantitative estimate of drug-likeness (QED) is 0.677. The van der Waals surface area contributed by atoms with Crippen LogP contribution in [-0.4, -0.2) is 68.0 Å². The van der Waals surface area contributed by atoms with E-state index in [-0.39, 0.29) is 18.0 Å². The SMILES string of the molecule is COc1cc(CN2CCC(NC(=O)C3CC(O)CN3)C2)cc(OC)c1. The fourth-order valence-corrected chi connectivity index (χ4v) is 3.53. The number of hydrogen-bond donors (Lipinski definition) is 3. The second-order valence-electron chi connectivity index (χ2n) is 6.80. The molecule has 25 heavy (non-hydrogen) atoms. The van der Waals surface area contributed by atoms with Crippen molar-refractivity contribution in [3.05, 3.63) is 23.8 Å². The number of methoxy groups -OCH3 is 2. The summed E-state index contributed by atoms with van der Waals surface area (Å²) < 4.78 is 10.6. The average Bonchev–Trinajstić information content (AvgIpc) is 3.23. The van der Waals surface area contributed by atoms with Gasteiger partial charge in [0, 0.05) is 38.3 Å². The summed E-state index contributed by atoms with van der Waals surface area (Å²) in [5.41, 5.74) is 1.13. The normalized spacial score (nSPS) is 26.6. The summed E-state index contributed by atoms with van der Waals surface area (Å²) in [7, 11) is 3.29. The number of rotatable bonds is 6. The van der Waals surface area contributed by atoms with Crippen LogP contribution in [0.5, 0.6) is 11.5 Å². The van der Waals surface area contributed by atoms with Gasteiger partial charge in [-0.25, -0.2) is 0 Å². The third-order valence-electron chi connectivity index (χ3n) is 4.86. The summed E-state index contributed by atoms with van der Waals surface area (Å²) >= 11 is 0. The zero-order chi connectivity index (χ0) is 17.8. The van der Waals surface area contributed by atoms with E-state index in [4.69, 9.17) is 9.47 Å². The van der Waals surface area contributed by atoms with E-state index >= 15 is 0 Å². The maximum Gasteiger partial charge on any atom is 0.237 e. The van der Waals surface area contributed by atoms with Crippen molar-refractivity contribution >= 4 is 5.91 Å². The van der Waals surface area contributed by atoms with Gasteiger partial charge in [-0.2, -0.15) is 0 Å². The maximum atomic E-state index is 12.2. The summed E-state index contributed by atoms with van der Waals surface area (Å²) in [6, 6.07) is 5.77.